The lowest BCUT2D eigenvalue weighted by atomic mass is 9.89. The molecule has 3 aromatic rings. The normalized spacial score (nSPS) is 12.6. The average molecular weight is 424 g/mol. The van der Waals surface area contributed by atoms with E-state index in [2.05, 4.69) is 20.0 Å². The molecular weight excluding hydrogens is 405 g/mol. The summed E-state index contributed by atoms with van der Waals surface area (Å²) in [6, 6.07) is 5.33. The molecule has 0 saturated carbocycles. The third-order valence-corrected chi connectivity index (χ3v) is 4.51. The van der Waals surface area contributed by atoms with E-state index in [-0.39, 0.29) is 18.6 Å². The second-order valence-corrected chi connectivity index (χ2v) is 6.62. The fraction of sp³-hybridized carbons (Fsp3) is 0.316. The molecule has 8 nitrogen and oxygen atoms in total. The van der Waals surface area contributed by atoms with Crippen LogP contribution in [0.25, 0.3) is 0 Å². The summed E-state index contributed by atoms with van der Waals surface area (Å²) in [5.41, 5.74) is 1.73. The summed E-state index contributed by atoms with van der Waals surface area (Å²) in [5.74, 6) is -1.44. The van der Waals surface area contributed by atoms with E-state index in [1.165, 1.54) is 31.4 Å². The van der Waals surface area contributed by atoms with Crippen molar-refractivity contribution in [3.05, 3.63) is 69.4 Å². The standard InChI is InChI=1S/C19H19F3N4O4/c1-26-10-12(9-23-26)14(8-16(27)29-2)17-15(24-25-18(17)28)7-11-3-5-13(6-4-11)30-19(20,21)22/h3-6,9-10,14H,7-8H2,1-2H3,(H2,24,25,28)/t14-/m1/s1. The zero-order chi connectivity index (χ0) is 21.9. The molecule has 0 bridgehead atoms. The van der Waals surface area contributed by atoms with Crippen molar-refractivity contribution in [2.45, 2.75) is 25.1 Å². The van der Waals surface area contributed by atoms with Gasteiger partial charge in [-0.05, 0) is 23.3 Å². The van der Waals surface area contributed by atoms with Crippen LogP contribution in [0, 0.1) is 0 Å². The number of methoxy groups -OCH3 is 1. The first-order valence-electron chi connectivity index (χ1n) is 8.85. The first-order chi connectivity index (χ1) is 14.2. The molecular formula is C19H19F3N4O4. The molecule has 0 saturated heterocycles. The Morgan fingerprint density at radius 3 is 2.50 bits per heavy atom. The number of H-pyrrole nitrogens is 2. The van der Waals surface area contributed by atoms with Crippen LogP contribution in [0.5, 0.6) is 5.75 Å². The van der Waals surface area contributed by atoms with Gasteiger partial charge in [-0.2, -0.15) is 5.10 Å². The van der Waals surface area contributed by atoms with Gasteiger partial charge in [0.05, 0.1) is 19.7 Å². The predicted octanol–water partition coefficient (Wildman–Crippen LogP) is 2.62. The molecule has 160 valence electrons. The van der Waals surface area contributed by atoms with Gasteiger partial charge < -0.3 is 14.6 Å². The third-order valence-electron chi connectivity index (χ3n) is 4.51. The lowest BCUT2D eigenvalue weighted by Gasteiger charge is -2.14. The number of hydrogen-bond acceptors (Lipinski definition) is 5. The van der Waals surface area contributed by atoms with E-state index < -0.39 is 23.8 Å². The Labute approximate surface area is 168 Å². The number of halogens is 3. The van der Waals surface area contributed by atoms with Crippen LogP contribution in [-0.2, 0) is 23.0 Å². The van der Waals surface area contributed by atoms with Gasteiger partial charge in [-0.25, -0.2) is 0 Å². The lowest BCUT2D eigenvalue weighted by molar-refractivity contribution is -0.274. The Morgan fingerprint density at radius 1 is 1.23 bits per heavy atom. The molecule has 0 amide bonds. The largest absolute Gasteiger partial charge is 0.573 e. The van der Waals surface area contributed by atoms with E-state index in [0.29, 0.717) is 22.4 Å². The van der Waals surface area contributed by atoms with Gasteiger partial charge in [0.25, 0.3) is 5.56 Å². The fourth-order valence-electron chi connectivity index (χ4n) is 3.18. The van der Waals surface area contributed by atoms with Crippen molar-refractivity contribution in [3.8, 4) is 5.75 Å². The number of alkyl halides is 3. The van der Waals surface area contributed by atoms with E-state index in [1.807, 2.05) is 0 Å². The Balaban J connectivity index is 1.91. The summed E-state index contributed by atoms with van der Waals surface area (Å²) >= 11 is 0. The fourth-order valence-corrected chi connectivity index (χ4v) is 3.18. The van der Waals surface area contributed by atoms with E-state index in [4.69, 9.17) is 4.74 Å². The van der Waals surface area contributed by atoms with Crippen molar-refractivity contribution < 1.29 is 27.4 Å². The lowest BCUT2D eigenvalue weighted by Crippen LogP contribution is -2.18. The highest BCUT2D eigenvalue weighted by Gasteiger charge is 2.31. The van der Waals surface area contributed by atoms with Gasteiger partial charge in [0.2, 0.25) is 0 Å². The summed E-state index contributed by atoms with van der Waals surface area (Å²) in [5, 5.41) is 9.41. The predicted molar refractivity (Wildman–Crippen MR) is 99.0 cm³/mol. The first kappa shape index (κ1) is 21.2. The number of hydrogen-bond donors (Lipinski definition) is 2. The van der Waals surface area contributed by atoms with Crippen LogP contribution in [0.1, 0.15) is 34.7 Å². The van der Waals surface area contributed by atoms with Crippen LogP contribution in [-0.4, -0.2) is 39.4 Å². The van der Waals surface area contributed by atoms with Crippen LogP contribution < -0.4 is 10.3 Å². The Morgan fingerprint density at radius 2 is 1.93 bits per heavy atom. The van der Waals surface area contributed by atoms with E-state index in [1.54, 1.807) is 24.1 Å². The van der Waals surface area contributed by atoms with Crippen molar-refractivity contribution in [2.24, 2.45) is 7.05 Å². The molecule has 0 radical (unpaired) electrons. The zero-order valence-corrected chi connectivity index (χ0v) is 16.1. The number of carbonyl (C=O) groups excluding carboxylic acids is 1. The molecule has 0 aliphatic rings. The summed E-state index contributed by atoms with van der Waals surface area (Å²) in [6.45, 7) is 0. The van der Waals surface area contributed by atoms with Gasteiger partial charge >= 0.3 is 12.3 Å². The maximum atomic E-state index is 12.5. The molecule has 1 aromatic carbocycles. The third kappa shape index (κ3) is 5.10. The molecule has 11 heteroatoms. The number of aromatic amines is 2. The Kier molecular flexibility index (Phi) is 5.99. The maximum absolute atomic E-state index is 12.5. The number of esters is 1. The van der Waals surface area contributed by atoms with Gasteiger partial charge in [0.1, 0.15) is 5.75 Å². The van der Waals surface area contributed by atoms with Crippen LogP contribution in [0.4, 0.5) is 13.2 Å². The smallest absolute Gasteiger partial charge is 0.469 e. The highest BCUT2D eigenvalue weighted by molar-refractivity contribution is 5.71. The maximum Gasteiger partial charge on any atom is 0.573 e. The summed E-state index contributed by atoms with van der Waals surface area (Å²) < 4.78 is 47.1. The quantitative estimate of drug-likeness (QED) is 0.568. The SMILES string of the molecule is COC(=O)C[C@H](c1cnn(C)c1)c1c(Cc2ccc(OC(F)(F)F)cc2)[nH][nH]c1=O. The van der Waals surface area contributed by atoms with Crippen molar-refractivity contribution in [1.82, 2.24) is 20.0 Å². The second-order valence-electron chi connectivity index (χ2n) is 6.62. The Hall–Kier alpha value is -3.50. The Bertz CT molecular complexity index is 1070. The molecule has 0 aliphatic carbocycles. The second kappa shape index (κ2) is 8.47. The molecule has 0 fully saturated rings. The van der Waals surface area contributed by atoms with Crippen molar-refractivity contribution in [2.75, 3.05) is 7.11 Å². The molecule has 1 atom stereocenters. The minimum atomic E-state index is -4.77. The van der Waals surface area contributed by atoms with E-state index in [0.717, 1.165) is 0 Å². The first-order valence-corrected chi connectivity index (χ1v) is 8.85. The zero-order valence-electron chi connectivity index (χ0n) is 16.1. The molecule has 0 spiro atoms. The number of aryl methyl sites for hydroxylation is 1. The highest BCUT2D eigenvalue weighted by atomic mass is 19.4. The summed E-state index contributed by atoms with van der Waals surface area (Å²) in [4.78, 5) is 24.5. The number of ether oxygens (including phenoxy) is 2. The average Bonchev–Trinajstić information content (AvgIpc) is 3.26. The van der Waals surface area contributed by atoms with Gasteiger partial charge in [-0.3, -0.25) is 19.4 Å². The van der Waals surface area contributed by atoms with E-state index >= 15 is 0 Å². The summed E-state index contributed by atoms with van der Waals surface area (Å²) in [6.07, 6.45) is -1.36. The number of nitrogens with one attached hydrogen (secondary N) is 2. The minimum Gasteiger partial charge on any atom is -0.469 e. The molecule has 3 rings (SSSR count). The molecule has 0 unspecified atom stereocenters. The monoisotopic (exact) mass is 424 g/mol. The number of nitrogens with zero attached hydrogens (tertiary/aromatic N) is 2. The van der Waals surface area contributed by atoms with Gasteiger partial charge in [0, 0.05) is 36.8 Å². The minimum absolute atomic E-state index is 0.0749. The number of aromatic nitrogens is 4. The van der Waals surface area contributed by atoms with Crippen LogP contribution in [0.2, 0.25) is 0 Å². The topological polar surface area (TPSA) is 102 Å². The van der Waals surface area contributed by atoms with Gasteiger partial charge in [0.15, 0.2) is 0 Å². The molecule has 2 aromatic heterocycles. The van der Waals surface area contributed by atoms with Crippen LogP contribution in [0.15, 0.2) is 41.5 Å². The van der Waals surface area contributed by atoms with Crippen LogP contribution in [0.3, 0.4) is 0 Å². The molecule has 30 heavy (non-hydrogen) atoms. The van der Waals surface area contributed by atoms with Crippen molar-refractivity contribution >= 4 is 5.97 Å². The van der Waals surface area contributed by atoms with Crippen molar-refractivity contribution in [1.29, 1.82) is 0 Å². The molecule has 2 heterocycles. The molecule has 2 N–H and O–H groups in total. The van der Waals surface area contributed by atoms with Gasteiger partial charge in [-0.15, -0.1) is 13.2 Å². The number of benzene rings is 1. The summed E-state index contributed by atoms with van der Waals surface area (Å²) in [7, 11) is 2.97. The van der Waals surface area contributed by atoms with E-state index in [9.17, 15) is 22.8 Å². The highest BCUT2D eigenvalue weighted by Crippen LogP contribution is 2.29. The van der Waals surface area contributed by atoms with Gasteiger partial charge in [-0.1, -0.05) is 12.1 Å². The molecule has 0 aliphatic heterocycles. The number of rotatable bonds is 7. The van der Waals surface area contributed by atoms with Crippen LogP contribution >= 0.6 is 0 Å². The number of carbonyl (C=O) groups is 1. The van der Waals surface area contributed by atoms with Crippen molar-refractivity contribution in [3.63, 3.8) is 0 Å².